The van der Waals surface area contributed by atoms with Crippen molar-refractivity contribution in [2.75, 3.05) is 0 Å². The SMILES string of the molecule is c1c2c(cc3c1C1CC1C1CC31)CCCC2. The van der Waals surface area contributed by atoms with Gasteiger partial charge in [-0.1, -0.05) is 12.1 Å². The van der Waals surface area contributed by atoms with Gasteiger partial charge in [0.15, 0.2) is 0 Å². The second-order valence-electron chi connectivity index (χ2n) is 6.47. The molecule has 0 nitrogen and oxygen atoms in total. The maximum Gasteiger partial charge on any atom is -0.0125 e. The van der Waals surface area contributed by atoms with Crippen molar-refractivity contribution in [3.05, 3.63) is 34.4 Å². The second kappa shape index (κ2) is 2.55. The van der Waals surface area contributed by atoms with Crippen LogP contribution in [-0.4, -0.2) is 0 Å². The highest BCUT2D eigenvalue weighted by atomic mass is 14.6. The van der Waals surface area contributed by atoms with Crippen molar-refractivity contribution in [3.63, 3.8) is 0 Å². The number of aryl methyl sites for hydroxylation is 2. The van der Waals surface area contributed by atoms with Gasteiger partial charge in [0.1, 0.15) is 0 Å². The number of hydrogen-bond donors (Lipinski definition) is 0. The first-order chi connectivity index (χ1) is 7.92. The van der Waals surface area contributed by atoms with Crippen LogP contribution in [0.25, 0.3) is 0 Å². The Bertz CT molecular complexity index is 440. The van der Waals surface area contributed by atoms with Gasteiger partial charge >= 0.3 is 0 Å². The van der Waals surface area contributed by atoms with Gasteiger partial charge in [-0.05, 0) is 84.5 Å². The molecule has 4 aliphatic carbocycles. The smallest absolute Gasteiger partial charge is 0.0125 e. The summed E-state index contributed by atoms with van der Waals surface area (Å²) in [5.41, 5.74) is 6.97. The molecule has 1 aromatic carbocycles. The molecule has 0 aromatic heterocycles. The summed E-state index contributed by atoms with van der Waals surface area (Å²) in [6.45, 7) is 0. The number of hydrogen-bond acceptors (Lipinski definition) is 0. The normalized spacial score (nSPS) is 41.5. The van der Waals surface area contributed by atoms with Crippen molar-refractivity contribution in [2.45, 2.75) is 50.4 Å². The van der Waals surface area contributed by atoms with Crippen LogP contribution in [0.2, 0.25) is 0 Å². The molecule has 1 aromatic rings. The first-order valence-corrected chi connectivity index (χ1v) is 7.07. The van der Waals surface area contributed by atoms with E-state index in [1.54, 1.807) is 22.3 Å². The highest BCUT2D eigenvalue weighted by Crippen LogP contribution is 2.71. The zero-order valence-corrected chi connectivity index (χ0v) is 9.71. The van der Waals surface area contributed by atoms with Gasteiger partial charge in [0.2, 0.25) is 0 Å². The number of benzene rings is 1. The van der Waals surface area contributed by atoms with Gasteiger partial charge in [0, 0.05) is 0 Å². The lowest BCUT2D eigenvalue weighted by Crippen LogP contribution is -2.08. The van der Waals surface area contributed by atoms with E-state index >= 15 is 0 Å². The summed E-state index contributed by atoms with van der Waals surface area (Å²) in [6, 6.07) is 5.23. The van der Waals surface area contributed by atoms with E-state index in [2.05, 4.69) is 12.1 Å². The minimum Gasteiger partial charge on any atom is -0.0550 e. The first kappa shape index (κ1) is 8.33. The molecule has 0 saturated heterocycles. The molecule has 4 atom stereocenters. The fourth-order valence-corrected chi connectivity index (χ4v) is 4.56. The Labute approximate surface area is 97.1 Å². The minimum absolute atomic E-state index is 0.992. The largest absolute Gasteiger partial charge is 0.0550 e. The maximum absolute atomic E-state index is 2.61. The highest BCUT2D eigenvalue weighted by Gasteiger charge is 2.59. The van der Waals surface area contributed by atoms with Crippen molar-refractivity contribution in [1.29, 1.82) is 0 Å². The molecule has 0 radical (unpaired) electrons. The fourth-order valence-electron chi connectivity index (χ4n) is 4.56. The van der Waals surface area contributed by atoms with Crippen molar-refractivity contribution < 1.29 is 0 Å². The van der Waals surface area contributed by atoms with Crippen LogP contribution in [-0.2, 0) is 12.8 Å². The van der Waals surface area contributed by atoms with E-state index in [4.69, 9.17) is 0 Å². The predicted molar refractivity (Wildman–Crippen MR) is 64.8 cm³/mol. The van der Waals surface area contributed by atoms with Gasteiger partial charge in [-0.2, -0.15) is 0 Å². The third kappa shape index (κ3) is 0.924. The zero-order chi connectivity index (χ0) is 10.3. The van der Waals surface area contributed by atoms with E-state index in [1.807, 2.05) is 0 Å². The molecule has 2 fully saturated rings. The van der Waals surface area contributed by atoms with Gasteiger partial charge in [-0.15, -0.1) is 0 Å². The molecule has 0 heterocycles. The molecule has 82 valence electrons. The molecule has 0 amide bonds. The van der Waals surface area contributed by atoms with Gasteiger partial charge in [0.05, 0.1) is 0 Å². The van der Waals surface area contributed by atoms with Crippen molar-refractivity contribution in [2.24, 2.45) is 11.8 Å². The first-order valence-electron chi connectivity index (χ1n) is 7.07. The summed E-state index contributed by atoms with van der Waals surface area (Å²) in [5, 5.41) is 0. The standard InChI is InChI=1S/C16H18/c1-2-4-10-6-12-11(5-9(10)3-1)13-7-15(13)16-8-14(12)16/h5-6,13-16H,1-4,7-8H2. The zero-order valence-electron chi connectivity index (χ0n) is 9.71. The molecule has 0 N–H and O–H groups in total. The Kier molecular flexibility index (Phi) is 1.33. The molecule has 16 heavy (non-hydrogen) atoms. The van der Waals surface area contributed by atoms with Crippen molar-refractivity contribution in [1.82, 2.24) is 0 Å². The van der Waals surface area contributed by atoms with Gasteiger partial charge in [-0.25, -0.2) is 0 Å². The molecular weight excluding hydrogens is 192 g/mol. The third-order valence-corrected chi connectivity index (χ3v) is 5.58. The van der Waals surface area contributed by atoms with Gasteiger partial charge < -0.3 is 0 Å². The van der Waals surface area contributed by atoms with E-state index in [0.717, 1.165) is 23.7 Å². The van der Waals surface area contributed by atoms with Crippen LogP contribution in [0.3, 0.4) is 0 Å². The Morgan fingerprint density at radius 3 is 1.75 bits per heavy atom. The number of rotatable bonds is 0. The summed E-state index contributed by atoms with van der Waals surface area (Å²) in [4.78, 5) is 0. The molecule has 2 saturated carbocycles. The van der Waals surface area contributed by atoms with E-state index in [-0.39, 0.29) is 0 Å². The average molecular weight is 210 g/mol. The quantitative estimate of drug-likeness (QED) is 0.611. The van der Waals surface area contributed by atoms with Crippen LogP contribution >= 0.6 is 0 Å². The monoisotopic (exact) mass is 210 g/mol. The van der Waals surface area contributed by atoms with Gasteiger partial charge in [-0.3, -0.25) is 0 Å². The van der Waals surface area contributed by atoms with E-state index in [1.165, 1.54) is 38.5 Å². The Hall–Kier alpha value is -0.780. The Morgan fingerprint density at radius 2 is 1.25 bits per heavy atom. The summed E-state index contributed by atoms with van der Waals surface area (Å²) in [5.74, 6) is 4.20. The van der Waals surface area contributed by atoms with E-state index in [9.17, 15) is 0 Å². The van der Waals surface area contributed by atoms with Crippen LogP contribution in [0.1, 0.15) is 59.8 Å². The highest BCUT2D eigenvalue weighted by molar-refractivity contribution is 5.50. The summed E-state index contributed by atoms with van der Waals surface area (Å²) >= 11 is 0. The number of fused-ring (bicyclic) bond motifs is 7. The molecule has 0 heteroatoms. The lowest BCUT2D eigenvalue weighted by Gasteiger charge is -2.22. The molecular formula is C16H18. The summed E-state index contributed by atoms with van der Waals surface area (Å²) in [6.07, 6.45) is 8.60. The average Bonchev–Trinajstić information content (AvgIpc) is 3.16. The van der Waals surface area contributed by atoms with Crippen molar-refractivity contribution in [3.8, 4) is 0 Å². The van der Waals surface area contributed by atoms with Crippen LogP contribution < -0.4 is 0 Å². The maximum atomic E-state index is 2.61. The van der Waals surface area contributed by atoms with Gasteiger partial charge in [0.25, 0.3) is 0 Å². The van der Waals surface area contributed by atoms with Crippen LogP contribution in [0.4, 0.5) is 0 Å². The Balaban J connectivity index is 1.72. The van der Waals surface area contributed by atoms with E-state index < -0.39 is 0 Å². The lowest BCUT2D eigenvalue weighted by atomic mass is 9.83. The second-order valence-corrected chi connectivity index (χ2v) is 6.47. The molecule has 5 rings (SSSR count). The van der Waals surface area contributed by atoms with Crippen LogP contribution in [0.15, 0.2) is 12.1 Å². The fraction of sp³-hybridized carbons (Fsp3) is 0.625. The van der Waals surface area contributed by atoms with E-state index in [0.29, 0.717) is 0 Å². The lowest BCUT2D eigenvalue weighted by molar-refractivity contribution is 0.633. The molecule has 0 spiro atoms. The molecule has 0 bridgehead atoms. The predicted octanol–water partition coefficient (Wildman–Crippen LogP) is 3.79. The topological polar surface area (TPSA) is 0 Å². The van der Waals surface area contributed by atoms with Crippen LogP contribution in [0, 0.1) is 11.8 Å². The Morgan fingerprint density at radius 1 is 0.750 bits per heavy atom. The molecule has 4 aliphatic rings. The summed E-state index contributed by atoms with van der Waals surface area (Å²) in [7, 11) is 0. The molecule has 0 aliphatic heterocycles. The summed E-state index contributed by atoms with van der Waals surface area (Å²) < 4.78 is 0. The third-order valence-electron chi connectivity index (χ3n) is 5.58. The molecule has 4 unspecified atom stereocenters. The van der Waals surface area contributed by atoms with Crippen LogP contribution in [0.5, 0.6) is 0 Å². The van der Waals surface area contributed by atoms with Crippen molar-refractivity contribution >= 4 is 0 Å². The minimum atomic E-state index is 0.992.